The molecule has 1 aromatic rings. The summed E-state index contributed by atoms with van der Waals surface area (Å²) >= 11 is 0. The number of carbonyl (C=O) groups excluding carboxylic acids is 1. The Morgan fingerprint density at radius 3 is 2.85 bits per heavy atom. The maximum Gasteiger partial charge on any atom is 0.223 e. The topological polar surface area (TPSA) is 47.0 Å². The molecule has 2 saturated heterocycles. The Morgan fingerprint density at radius 2 is 2.00 bits per heavy atom. The maximum absolute atomic E-state index is 12.6. The van der Waals surface area contributed by atoms with Crippen LogP contribution in [0.4, 0.5) is 0 Å². The molecule has 26 heavy (non-hydrogen) atoms. The van der Waals surface area contributed by atoms with Gasteiger partial charge in [0.05, 0.1) is 6.61 Å². The van der Waals surface area contributed by atoms with Crippen LogP contribution in [0.5, 0.6) is 0 Å². The van der Waals surface area contributed by atoms with E-state index in [1.54, 1.807) is 0 Å². The van der Waals surface area contributed by atoms with Gasteiger partial charge in [0.25, 0.3) is 0 Å². The molecule has 0 bridgehead atoms. The highest BCUT2D eigenvalue weighted by Gasteiger charge is 2.26. The molecule has 1 atom stereocenters. The van der Waals surface area contributed by atoms with Crippen LogP contribution < -0.4 is 0 Å². The van der Waals surface area contributed by atoms with Gasteiger partial charge < -0.3 is 19.8 Å². The number of carbonyl (C=O) groups is 1. The van der Waals surface area contributed by atoms with Crippen molar-refractivity contribution in [3.63, 3.8) is 0 Å². The van der Waals surface area contributed by atoms with Gasteiger partial charge >= 0.3 is 0 Å². The van der Waals surface area contributed by atoms with Gasteiger partial charge in [-0.3, -0.25) is 4.79 Å². The standard InChI is InChI=1S/C21H33N3O2/c1-22-8-3-9-23(13-12-22)10-7-21(26)24-11-6-19(16-24)14-18-4-2-5-20(15-18)17-25/h2,4-5,15,19,25H,3,6-14,16-17H2,1H3/t19-/m1/s1. The molecule has 0 aromatic heterocycles. The molecule has 1 aromatic carbocycles. The Kier molecular flexibility index (Phi) is 7.06. The highest BCUT2D eigenvalue weighted by Crippen LogP contribution is 2.22. The molecule has 0 aliphatic carbocycles. The first kappa shape index (κ1) is 19.3. The van der Waals surface area contributed by atoms with E-state index in [1.165, 1.54) is 12.0 Å². The van der Waals surface area contributed by atoms with Gasteiger partial charge in [-0.2, -0.15) is 0 Å². The van der Waals surface area contributed by atoms with Crippen LogP contribution in [0.25, 0.3) is 0 Å². The molecule has 0 unspecified atom stereocenters. The molecule has 5 nitrogen and oxygen atoms in total. The van der Waals surface area contributed by atoms with Crippen molar-refractivity contribution in [2.24, 2.45) is 5.92 Å². The van der Waals surface area contributed by atoms with E-state index in [0.29, 0.717) is 18.2 Å². The molecule has 0 saturated carbocycles. The smallest absolute Gasteiger partial charge is 0.223 e. The zero-order valence-electron chi connectivity index (χ0n) is 16.1. The quantitative estimate of drug-likeness (QED) is 0.838. The number of rotatable bonds is 6. The van der Waals surface area contributed by atoms with Gasteiger partial charge in [-0.25, -0.2) is 0 Å². The van der Waals surface area contributed by atoms with Crippen LogP contribution in [-0.2, 0) is 17.8 Å². The van der Waals surface area contributed by atoms with E-state index in [9.17, 15) is 9.90 Å². The summed E-state index contributed by atoms with van der Waals surface area (Å²) in [6.45, 7) is 7.22. The summed E-state index contributed by atoms with van der Waals surface area (Å²) in [6, 6.07) is 8.17. The van der Waals surface area contributed by atoms with Crippen LogP contribution >= 0.6 is 0 Å². The van der Waals surface area contributed by atoms with Gasteiger partial charge in [0.15, 0.2) is 0 Å². The fourth-order valence-corrected chi connectivity index (χ4v) is 4.15. The third kappa shape index (κ3) is 5.53. The fourth-order valence-electron chi connectivity index (χ4n) is 4.15. The first-order valence-electron chi connectivity index (χ1n) is 10.0. The van der Waals surface area contributed by atoms with Crippen LogP contribution in [-0.4, -0.2) is 78.6 Å². The summed E-state index contributed by atoms with van der Waals surface area (Å²) in [5.74, 6) is 0.855. The average molecular weight is 360 g/mol. The number of aliphatic hydroxyl groups excluding tert-OH is 1. The van der Waals surface area contributed by atoms with E-state index < -0.39 is 0 Å². The number of aliphatic hydroxyl groups is 1. The molecule has 2 fully saturated rings. The Balaban J connectivity index is 1.42. The largest absolute Gasteiger partial charge is 0.392 e. The minimum atomic E-state index is 0.0927. The van der Waals surface area contributed by atoms with E-state index in [4.69, 9.17) is 0 Å². The van der Waals surface area contributed by atoms with Crippen molar-refractivity contribution >= 4 is 5.91 Å². The molecule has 5 heteroatoms. The first-order valence-corrected chi connectivity index (χ1v) is 10.0. The molecule has 144 valence electrons. The van der Waals surface area contributed by atoms with Gasteiger partial charge in [-0.15, -0.1) is 0 Å². The summed E-state index contributed by atoms with van der Waals surface area (Å²) in [6.07, 6.45) is 3.93. The predicted molar refractivity (Wildman–Crippen MR) is 104 cm³/mol. The number of nitrogens with zero attached hydrogens (tertiary/aromatic N) is 3. The summed E-state index contributed by atoms with van der Waals surface area (Å²) in [5, 5.41) is 9.28. The van der Waals surface area contributed by atoms with Crippen LogP contribution in [0.2, 0.25) is 0 Å². The van der Waals surface area contributed by atoms with Gasteiger partial charge in [-0.05, 0) is 56.4 Å². The second-order valence-electron chi connectivity index (χ2n) is 7.93. The molecule has 3 rings (SSSR count). The maximum atomic E-state index is 12.6. The lowest BCUT2D eigenvalue weighted by Crippen LogP contribution is -2.35. The van der Waals surface area contributed by atoms with Crippen LogP contribution in [0.15, 0.2) is 24.3 Å². The lowest BCUT2D eigenvalue weighted by Gasteiger charge is -2.22. The SMILES string of the molecule is CN1CCCN(CCC(=O)N2CC[C@H](Cc3cccc(CO)c3)C2)CC1. The summed E-state index contributed by atoms with van der Waals surface area (Å²) in [4.78, 5) is 19.5. The van der Waals surface area contributed by atoms with Crippen molar-refractivity contribution < 1.29 is 9.90 Å². The molecule has 1 amide bonds. The Bertz CT molecular complexity index is 592. The highest BCUT2D eigenvalue weighted by atomic mass is 16.3. The Morgan fingerprint density at radius 1 is 1.15 bits per heavy atom. The third-order valence-corrected chi connectivity index (χ3v) is 5.79. The fraction of sp³-hybridized carbons (Fsp3) is 0.667. The zero-order valence-corrected chi connectivity index (χ0v) is 16.1. The second-order valence-corrected chi connectivity index (χ2v) is 7.93. The number of amides is 1. The van der Waals surface area contributed by atoms with E-state index in [-0.39, 0.29) is 6.61 Å². The Labute approximate surface area is 157 Å². The number of hydrogen-bond donors (Lipinski definition) is 1. The molecule has 2 heterocycles. The van der Waals surface area contributed by atoms with Crippen LogP contribution in [0, 0.1) is 5.92 Å². The predicted octanol–water partition coefficient (Wildman–Crippen LogP) is 1.60. The van der Waals surface area contributed by atoms with Crippen molar-refractivity contribution in [2.75, 3.05) is 52.9 Å². The summed E-state index contributed by atoms with van der Waals surface area (Å²) in [5.41, 5.74) is 2.24. The van der Waals surface area contributed by atoms with Gasteiger partial charge in [0.1, 0.15) is 0 Å². The number of likely N-dealkylation sites (tertiary alicyclic amines) is 1. The van der Waals surface area contributed by atoms with E-state index in [1.807, 2.05) is 12.1 Å². The van der Waals surface area contributed by atoms with Gasteiger partial charge in [0, 0.05) is 39.1 Å². The van der Waals surface area contributed by atoms with Crippen molar-refractivity contribution in [1.82, 2.24) is 14.7 Å². The molecule has 2 aliphatic rings. The molecule has 1 N–H and O–H groups in total. The van der Waals surface area contributed by atoms with Crippen LogP contribution in [0.1, 0.15) is 30.4 Å². The second kappa shape index (κ2) is 9.49. The zero-order chi connectivity index (χ0) is 18.4. The average Bonchev–Trinajstić information content (AvgIpc) is 3.01. The summed E-state index contributed by atoms with van der Waals surface area (Å²) in [7, 11) is 2.18. The number of benzene rings is 1. The van der Waals surface area contributed by atoms with E-state index in [0.717, 1.165) is 64.2 Å². The van der Waals surface area contributed by atoms with Crippen molar-refractivity contribution in [1.29, 1.82) is 0 Å². The molecule has 0 spiro atoms. The molecular formula is C21H33N3O2. The normalized spacial score (nSPS) is 22.5. The number of likely N-dealkylation sites (N-methyl/N-ethyl adjacent to an activating group) is 1. The van der Waals surface area contributed by atoms with Crippen LogP contribution in [0.3, 0.4) is 0 Å². The van der Waals surface area contributed by atoms with Crippen molar-refractivity contribution in [3.05, 3.63) is 35.4 Å². The highest BCUT2D eigenvalue weighted by molar-refractivity contribution is 5.76. The lowest BCUT2D eigenvalue weighted by atomic mass is 9.97. The molecular weight excluding hydrogens is 326 g/mol. The first-order chi connectivity index (χ1) is 12.6. The van der Waals surface area contributed by atoms with Crippen molar-refractivity contribution in [2.45, 2.75) is 32.3 Å². The van der Waals surface area contributed by atoms with Crippen molar-refractivity contribution in [3.8, 4) is 0 Å². The van der Waals surface area contributed by atoms with E-state index >= 15 is 0 Å². The number of hydrogen-bond acceptors (Lipinski definition) is 4. The van der Waals surface area contributed by atoms with Gasteiger partial charge in [0.2, 0.25) is 5.91 Å². The lowest BCUT2D eigenvalue weighted by molar-refractivity contribution is -0.130. The molecule has 2 aliphatic heterocycles. The summed E-state index contributed by atoms with van der Waals surface area (Å²) < 4.78 is 0. The minimum Gasteiger partial charge on any atom is -0.392 e. The van der Waals surface area contributed by atoms with Gasteiger partial charge in [-0.1, -0.05) is 24.3 Å². The minimum absolute atomic E-state index is 0.0927. The molecule has 0 radical (unpaired) electrons. The Hall–Kier alpha value is -1.43. The monoisotopic (exact) mass is 359 g/mol. The third-order valence-electron chi connectivity index (χ3n) is 5.79. The van der Waals surface area contributed by atoms with E-state index in [2.05, 4.69) is 33.9 Å².